The van der Waals surface area contributed by atoms with Gasteiger partial charge in [0.1, 0.15) is 11.6 Å². The summed E-state index contributed by atoms with van der Waals surface area (Å²) >= 11 is 0. The molecule has 2 rings (SSSR count). The standard InChI is InChI=1S/C10H13F2N3O/c1-5-8(13)14-9(6-2-3-6)15-10(5)16-4-7(11)12/h6-7H,2-4H2,1H3,(H2,13,14,15). The maximum atomic E-state index is 12.0. The van der Waals surface area contributed by atoms with Gasteiger partial charge in [-0.05, 0) is 19.8 Å². The molecule has 0 unspecified atom stereocenters. The largest absolute Gasteiger partial charge is 0.471 e. The smallest absolute Gasteiger partial charge is 0.272 e. The summed E-state index contributed by atoms with van der Waals surface area (Å²) in [6.07, 6.45) is -0.465. The van der Waals surface area contributed by atoms with E-state index in [1.807, 2.05) is 0 Å². The van der Waals surface area contributed by atoms with Crippen LogP contribution in [0, 0.1) is 6.92 Å². The number of hydrogen-bond donors (Lipinski definition) is 1. The molecule has 0 saturated heterocycles. The lowest BCUT2D eigenvalue weighted by Crippen LogP contribution is -2.11. The Kier molecular flexibility index (Phi) is 2.89. The lowest BCUT2D eigenvalue weighted by Gasteiger charge is -2.10. The van der Waals surface area contributed by atoms with Crippen molar-refractivity contribution in [3.63, 3.8) is 0 Å². The van der Waals surface area contributed by atoms with Crippen LogP contribution in [0.15, 0.2) is 0 Å². The highest BCUT2D eigenvalue weighted by atomic mass is 19.3. The van der Waals surface area contributed by atoms with Crippen molar-refractivity contribution in [2.24, 2.45) is 0 Å². The first-order valence-electron chi connectivity index (χ1n) is 5.13. The molecule has 0 radical (unpaired) electrons. The summed E-state index contributed by atoms with van der Waals surface area (Å²) < 4.78 is 29.0. The van der Waals surface area contributed by atoms with Gasteiger partial charge in [-0.15, -0.1) is 0 Å². The monoisotopic (exact) mass is 229 g/mol. The summed E-state index contributed by atoms with van der Waals surface area (Å²) in [5.41, 5.74) is 6.19. The Balaban J connectivity index is 2.20. The molecule has 4 nitrogen and oxygen atoms in total. The number of rotatable bonds is 4. The van der Waals surface area contributed by atoms with Gasteiger partial charge < -0.3 is 10.5 Å². The van der Waals surface area contributed by atoms with Crippen molar-refractivity contribution in [3.05, 3.63) is 11.4 Å². The fraction of sp³-hybridized carbons (Fsp3) is 0.600. The van der Waals surface area contributed by atoms with Crippen LogP contribution in [0.4, 0.5) is 14.6 Å². The van der Waals surface area contributed by atoms with Crippen molar-refractivity contribution in [3.8, 4) is 5.88 Å². The number of nitrogens with zero attached hydrogens (tertiary/aromatic N) is 2. The molecule has 88 valence electrons. The van der Waals surface area contributed by atoms with Crippen LogP contribution < -0.4 is 10.5 Å². The number of hydrogen-bond acceptors (Lipinski definition) is 4. The highest BCUT2D eigenvalue weighted by Crippen LogP contribution is 2.39. The molecule has 16 heavy (non-hydrogen) atoms. The second kappa shape index (κ2) is 4.19. The van der Waals surface area contributed by atoms with E-state index in [1.165, 1.54) is 0 Å². The molecule has 0 atom stereocenters. The van der Waals surface area contributed by atoms with E-state index in [4.69, 9.17) is 10.5 Å². The molecule has 0 spiro atoms. The molecule has 1 fully saturated rings. The molecule has 0 amide bonds. The Morgan fingerprint density at radius 3 is 2.69 bits per heavy atom. The molecule has 0 bridgehead atoms. The van der Waals surface area contributed by atoms with E-state index in [9.17, 15) is 8.78 Å². The molecule has 1 aliphatic rings. The second-order valence-electron chi connectivity index (χ2n) is 3.87. The van der Waals surface area contributed by atoms with Gasteiger partial charge in [-0.1, -0.05) is 0 Å². The SMILES string of the molecule is Cc1c(N)nc(C2CC2)nc1OCC(F)F. The van der Waals surface area contributed by atoms with Crippen molar-refractivity contribution in [2.75, 3.05) is 12.3 Å². The van der Waals surface area contributed by atoms with Gasteiger partial charge in [-0.25, -0.2) is 13.8 Å². The van der Waals surface area contributed by atoms with Gasteiger partial charge in [0.15, 0.2) is 6.61 Å². The van der Waals surface area contributed by atoms with Crippen molar-refractivity contribution in [1.29, 1.82) is 0 Å². The van der Waals surface area contributed by atoms with Crippen LogP contribution in [0.1, 0.15) is 30.1 Å². The Bertz CT molecular complexity index is 394. The van der Waals surface area contributed by atoms with E-state index < -0.39 is 13.0 Å². The topological polar surface area (TPSA) is 61.0 Å². The van der Waals surface area contributed by atoms with Gasteiger partial charge in [0.25, 0.3) is 6.43 Å². The molecule has 0 aliphatic heterocycles. The first-order valence-corrected chi connectivity index (χ1v) is 5.13. The first kappa shape index (κ1) is 11.0. The molecule has 6 heteroatoms. The van der Waals surface area contributed by atoms with E-state index in [0.29, 0.717) is 23.1 Å². The summed E-state index contributed by atoms with van der Waals surface area (Å²) in [6, 6.07) is 0. The summed E-state index contributed by atoms with van der Waals surface area (Å²) in [4.78, 5) is 8.24. The third kappa shape index (κ3) is 2.37. The Hall–Kier alpha value is -1.46. The van der Waals surface area contributed by atoms with Crippen molar-refractivity contribution < 1.29 is 13.5 Å². The van der Waals surface area contributed by atoms with Gasteiger partial charge >= 0.3 is 0 Å². The number of ether oxygens (including phenoxy) is 1. The molecule has 1 heterocycles. The summed E-state index contributed by atoms with van der Waals surface area (Å²) in [5, 5.41) is 0. The summed E-state index contributed by atoms with van der Waals surface area (Å²) in [5.74, 6) is 1.40. The molecule has 2 N–H and O–H groups in total. The predicted molar refractivity (Wildman–Crippen MR) is 54.7 cm³/mol. The van der Waals surface area contributed by atoms with Crippen molar-refractivity contribution >= 4 is 5.82 Å². The molecular formula is C10H13F2N3O. The van der Waals surface area contributed by atoms with Crippen LogP contribution in [0.5, 0.6) is 5.88 Å². The van der Waals surface area contributed by atoms with Gasteiger partial charge in [0.05, 0.1) is 5.56 Å². The Morgan fingerprint density at radius 2 is 2.12 bits per heavy atom. The summed E-state index contributed by atoms with van der Waals surface area (Å²) in [6.45, 7) is 0.994. The minimum Gasteiger partial charge on any atom is -0.471 e. The molecule has 1 saturated carbocycles. The molecular weight excluding hydrogens is 216 g/mol. The van der Waals surface area contributed by atoms with Crippen LogP contribution in [0.25, 0.3) is 0 Å². The van der Waals surface area contributed by atoms with E-state index >= 15 is 0 Å². The maximum Gasteiger partial charge on any atom is 0.272 e. The molecule has 0 aromatic carbocycles. The number of nitrogen functional groups attached to an aromatic ring is 1. The molecule has 1 aromatic heterocycles. The number of nitrogens with two attached hydrogens (primary N) is 1. The van der Waals surface area contributed by atoms with Crippen LogP contribution in [0.2, 0.25) is 0 Å². The molecule has 1 aliphatic carbocycles. The lowest BCUT2D eigenvalue weighted by molar-refractivity contribution is 0.0790. The van der Waals surface area contributed by atoms with Crippen molar-refractivity contribution in [1.82, 2.24) is 9.97 Å². The van der Waals surface area contributed by atoms with E-state index in [1.54, 1.807) is 6.92 Å². The third-order valence-electron chi connectivity index (χ3n) is 2.44. The zero-order chi connectivity index (χ0) is 11.7. The normalized spacial score (nSPS) is 15.5. The van der Waals surface area contributed by atoms with Gasteiger partial charge in [0.2, 0.25) is 5.88 Å². The van der Waals surface area contributed by atoms with E-state index in [2.05, 4.69) is 9.97 Å². The Labute approximate surface area is 91.8 Å². The fourth-order valence-electron chi connectivity index (χ4n) is 1.34. The minimum absolute atomic E-state index is 0.176. The second-order valence-corrected chi connectivity index (χ2v) is 3.87. The van der Waals surface area contributed by atoms with Crippen LogP contribution in [-0.2, 0) is 0 Å². The highest BCUT2D eigenvalue weighted by Gasteiger charge is 2.28. The van der Waals surface area contributed by atoms with Gasteiger partial charge in [0, 0.05) is 5.92 Å². The lowest BCUT2D eigenvalue weighted by atomic mass is 10.3. The number of halogens is 2. The zero-order valence-electron chi connectivity index (χ0n) is 8.91. The van der Waals surface area contributed by atoms with E-state index in [0.717, 1.165) is 12.8 Å². The quantitative estimate of drug-likeness (QED) is 0.856. The fourth-order valence-corrected chi connectivity index (χ4v) is 1.34. The van der Waals surface area contributed by atoms with Gasteiger partial charge in [-0.3, -0.25) is 0 Å². The van der Waals surface area contributed by atoms with Crippen LogP contribution in [0.3, 0.4) is 0 Å². The van der Waals surface area contributed by atoms with E-state index in [-0.39, 0.29) is 5.88 Å². The average molecular weight is 229 g/mol. The number of alkyl halides is 2. The first-order chi connectivity index (χ1) is 7.58. The highest BCUT2D eigenvalue weighted by molar-refractivity contribution is 5.45. The average Bonchev–Trinajstić information content (AvgIpc) is 3.03. The number of aromatic nitrogens is 2. The maximum absolute atomic E-state index is 12.0. The third-order valence-corrected chi connectivity index (χ3v) is 2.44. The van der Waals surface area contributed by atoms with Crippen LogP contribution >= 0.6 is 0 Å². The Morgan fingerprint density at radius 1 is 1.44 bits per heavy atom. The zero-order valence-corrected chi connectivity index (χ0v) is 8.91. The number of anilines is 1. The van der Waals surface area contributed by atoms with Gasteiger partial charge in [-0.2, -0.15) is 4.98 Å². The summed E-state index contributed by atoms with van der Waals surface area (Å²) in [7, 11) is 0. The molecule has 1 aromatic rings. The minimum atomic E-state index is -2.51. The van der Waals surface area contributed by atoms with Crippen LogP contribution in [-0.4, -0.2) is 23.0 Å². The predicted octanol–water partition coefficient (Wildman–Crippen LogP) is 1.89. The van der Waals surface area contributed by atoms with Crippen molar-refractivity contribution in [2.45, 2.75) is 32.1 Å².